The number of nitrogens with zero attached hydrogens (tertiary/aromatic N) is 3. The fourth-order valence-corrected chi connectivity index (χ4v) is 1.21. The zero-order chi connectivity index (χ0) is 10.7. The van der Waals surface area contributed by atoms with Crippen molar-refractivity contribution in [2.75, 3.05) is 0 Å². The lowest BCUT2D eigenvalue weighted by molar-refractivity contribution is 0.630. The minimum atomic E-state index is -0.375. The van der Waals surface area contributed by atoms with E-state index in [0.29, 0.717) is 11.4 Å². The minimum absolute atomic E-state index is 0.140. The number of rotatable bonds is 2. The number of hydrogen-bond acceptors (Lipinski definition) is 3. The van der Waals surface area contributed by atoms with E-state index in [4.69, 9.17) is 5.26 Å². The number of H-pyrrole nitrogens is 1. The summed E-state index contributed by atoms with van der Waals surface area (Å²) >= 11 is 0. The SMILES string of the molecule is N#CCc1nc(-c2ccccc2F)n[nH]1. The Balaban J connectivity index is 2.38. The normalized spacial score (nSPS) is 9.87. The Morgan fingerprint density at radius 1 is 1.40 bits per heavy atom. The van der Waals surface area contributed by atoms with Crippen LogP contribution < -0.4 is 0 Å². The zero-order valence-corrected chi connectivity index (χ0v) is 7.74. The first kappa shape index (κ1) is 9.34. The van der Waals surface area contributed by atoms with Gasteiger partial charge in [0.05, 0.1) is 18.1 Å². The first-order valence-electron chi connectivity index (χ1n) is 4.34. The summed E-state index contributed by atoms with van der Waals surface area (Å²) in [6.07, 6.45) is 0.140. The van der Waals surface area contributed by atoms with Crippen molar-refractivity contribution in [3.8, 4) is 17.5 Å². The van der Waals surface area contributed by atoms with Crippen LogP contribution in [0, 0.1) is 17.1 Å². The molecule has 0 aliphatic heterocycles. The smallest absolute Gasteiger partial charge is 0.184 e. The molecule has 0 saturated heterocycles. The molecule has 0 saturated carbocycles. The number of benzene rings is 1. The maximum absolute atomic E-state index is 13.3. The molecule has 1 aromatic heterocycles. The maximum Gasteiger partial charge on any atom is 0.184 e. The Morgan fingerprint density at radius 3 is 2.93 bits per heavy atom. The second-order valence-corrected chi connectivity index (χ2v) is 2.92. The van der Waals surface area contributed by atoms with Gasteiger partial charge in [-0.2, -0.15) is 10.4 Å². The fourth-order valence-electron chi connectivity index (χ4n) is 1.21. The highest BCUT2D eigenvalue weighted by Crippen LogP contribution is 2.17. The van der Waals surface area contributed by atoms with Gasteiger partial charge in [-0.25, -0.2) is 9.37 Å². The third-order valence-corrected chi connectivity index (χ3v) is 1.89. The van der Waals surface area contributed by atoms with E-state index < -0.39 is 0 Å². The molecular formula is C10H7FN4. The largest absolute Gasteiger partial charge is 0.262 e. The summed E-state index contributed by atoms with van der Waals surface area (Å²) in [6, 6.07) is 8.18. The Labute approximate surface area is 85.4 Å². The zero-order valence-electron chi connectivity index (χ0n) is 7.74. The van der Waals surface area contributed by atoms with Crippen LogP contribution in [0.15, 0.2) is 24.3 Å². The van der Waals surface area contributed by atoms with Crippen LogP contribution in [-0.4, -0.2) is 15.2 Å². The summed E-state index contributed by atoms with van der Waals surface area (Å²) in [4.78, 5) is 4.00. The Bertz CT molecular complexity index is 512. The van der Waals surface area contributed by atoms with Gasteiger partial charge in [-0.1, -0.05) is 12.1 Å². The molecule has 4 nitrogen and oxygen atoms in total. The molecule has 15 heavy (non-hydrogen) atoms. The van der Waals surface area contributed by atoms with Crippen molar-refractivity contribution in [3.63, 3.8) is 0 Å². The number of aromatic nitrogens is 3. The number of nitriles is 1. The van der Waals surface area contributed by atoms with E-state index in [2.05, 4.69) is 15.2 Å². The van der Waals surface area contributed by atoms with E-state index >= 15 is 0 Å². The molecule has 2 rings (SSSR count). The number of aromatic amines is 1. The van der Waals surface area contributed by atoms with Gasteiger partial charge in [0, 0.05) is 0 Å². The predicted octanol–water partition coefficient (Wildman–Crippen LogP) is 1.68. The van der Waals surface area contributed by atoms with Gasteiger partial charge in [0.15, 0.2) is 5.82 Å². The Morgan fingerprint density at radius 2 is 2.20 bits per heavy atom. The summed E-state index contributed by atoms with van der Waals surface area (Å²) in [7, 11) is 0. The molecule has 0 unspecified atom stereocenters. The summed E-state index contributed by atoms with van der Waals surface area (Å²) in [6.45, 7) is 0. The van der Waals surface area contributed by atoms with Crippen LogP contribution in [-0.2, 0) is 6.42 Å². The van der Waals surface area contributed by atoms with E-state index in [9.17, 15) is 4.39 Å². The van der Waals surface area contributed by atoms with Crippen molar-refractivity contribution in [2.24, 2.45) is 0 Å². The molecule has 0 radical (unpaired) electrons. The predicted molar refractivity (Wildman–Crippen MR) is 51.1 cm³/mol. The highest BCUT2D eigenvalue weighted by Gasteiger charge is 2.09. The molecular weight excluding hydrogens is 195 g/mol. The summed E-state index contributed by atoms with van der Waals surface area (Å²) in [5, 5.41) is 14.9. The van der Waals surface area contributed by atoms with Crippen LogP contribution >= 0.6 is 0 Å². The summed E-state index contributed by atoms with van der Waals surface area (Å²) in [5.74, 6) is 0.342. The second-order valence-electron chi connectivity index (χ2n) is 2.92. The van der Waals surface area contributed by atoms with Crippen LogP contribution in [0.3, 0.4) is 0 Å². The van der Waals surface area contributed by atoms with Crippen molar-refractivity contribution in [1.29, 1.82) is 5.26 Å². The third-order valence-electron chi connectivity index (χ3n) is 1.89. The molecule has 1 N–H and O–H groups in total. The van der Waals surface area contributed by atoms with E-state index in [-0.39, 0.29) is 18.1 Å². The van der Waals surface area contributed by atoms with E-state index in [0.717, 1.165) is 0 Å². The van der Waals surface area contributed by atoms with Gasteiger partial charge in [0.2, 0.25) is 0 Å². The van der Waals surface area contributed by atoms with Crippen molar-refractivity contribution >= 4 is 0 Å². The second kappa shape index (κ2) is 3.88. The molecule has 0 aliphatic rings. The van der Waals surface area contributed by atoms with Gasteiger partial charge in [-0.05, 0) is 12.1 Å². The molecule has 2 aromatic rings. The monoisotopic (exact) mass is 202 g/mol. The van der Waals surface area contributed by atoms with Crippen molar-refractivity contribution < 1.29 is 4.39 Å². The third kappa shape index (κ3) is 1.83. The Hall–Kier alpha value is -2.22. The Kier molecular flexibility index (Phi) is 2.42. The minimum Gasteiger partial charge on any atom is -0.262 e. The molecule has 0 amide bonds. The molecule has 0 bridgehead atoms. The van der Waals surface area contributed by atoms with E-state index in [1.165, 1.54) is 6.07 Å². The first-order valence-corrected chi connectivity index (χ1v) is 4.34. The molecule has 0 atom stereocenters. The highest BCUT2D eigenvalue weighted by atomic mass is 19.1. The molecule has 1 heterocycles. The van der Waals surface area contributed by atoms with Gasteiger partial charge in [0.25, 0.3) is 0 Å². The van der Waals surface area contributed by atoms with Crippen LogP contribution in [0.2, 0.25) is 0 Å². The van der Waals surface area contributed by atoms with Crippen LogP contribution in [0.1, 0.15) is 5.82 Å². The first-order chi connectivity index (χ1) is 7.31. The van der Waals surface area contributed by atoms with Crippen LogP contribution in [0.25, 0.3) is 11.4 Å². The van der Waals surface area contributed by atoms with Gasteiger partial charge < -0.3 is 0 Å². The van der Waals surface area contributed by atoms with Gasteiger partial charge >= 0.3 is 0 Å². The van der Waals surface area contributed by atoms with Crippen molar-refractivity contribution in [2.45, 2.75) is 6.42 Å². The van der Waals surface area contributed by atoms with Crippen molar-refractivity contribution in [1.82, 2.24) is 15.2 Å². The van der Waals surface area contributed by atoms with Gasteiger partial charge in [-0.15, -0.1) is 0 Å². The molecule has 0 fully saturated rings. The van der Waals surface area contributed by atoms with Gasteiger partial charge in [-0.3, -0.25) is 5.10 Å². The van der Waals surface area contributed by atoms with E-state index in [1.54, 1.807) is 18.2 Å². The highest BCUT2D eigenvalue weighted by molar-refractivity contribution is 5.55. The van der Waals surface area contributed by atoms with Crippen LogP contribution in [0.5, 0.6) is 0 Å². The molecule has 0 aliphatic carbocycles. The topological polar surface area (TPSA) is 65.4 Å². The average molecular weight is 202 g/mol. The lowest BCUT2D eigenvalue weighted by Gasteiger charge is -1.95. The van der Waals surface area contributed by atoms with Crippen molar-refractivity contribution in [3.05, 3.63) is 35.9 Å². The quantitative estimate of drug-likeness (QED) is 0.805. The lowest BCUT2D eigenvalue weighted by Crippen LogP contribution is -1.86. The lowest BCUT2D eigenvalue weighted by atomic mass is 10.2. The number of hydrogen-bond donors (Lipinski definition) is 1. The molecule has 5 heteroatoms. The number of nitrogens with one attached hydrogen (secondary N) is 1. The number of halogens is 1. The average Bonchev–Trinajstić information content (AvgIpc) is 2.68. The fraction of sp³-hybridized carbons (Fsp3) is 0.100. The summed E-state index contributed by atoms with van der Waals surface area (Å²) < 4.78 is 13.3. The van der Waals surface area contributed by atoms with Crippen LogP contribution in [0.4, 0.5) is 4.39 Å². The van der Waals surface area contributed by atoms with Gasteiger partial charge in [0.1, 0.15) is 11.6 Å². The standard InChI is InChI=1S/C10H7FN4/c11-8-4-2-1-3-7(8)10-13-9(5-6-12)14-15-10/h1-4H,5H2,(H,13,14,15). The molecule has 74 valence electrons. The summed E-state index contributed by atoms with van der Waals surface area (Å²) in [5.41, 5.74) is 0.331. The van der Waals surface area contributed by atoms with E-state index in [1.807, 2.05) is 6.07 Å². The maximum atomic E-state index is 13.3. The molecule has 0 spiro atoms. The molecule has 1 aromatic carbocycles.